The first-order chi connectivity index (χ1) is 10.1. The third-order valence-electron chi connectivity index (χ3n) is 3.02. The molecule has 0 saturated carbocycles. The van der Waals surface area contributed by atoms with E-state index in [0.717, 1.165) is 10.6 Å². The quantitative estimate of drug-likeness (QED) is 0.821. The average molecular weight is 311 g/mol. The Morgan fingerprint density at radius 2 is 1.86 bits per heavy atom. The lowest BCUT2D eigenvalue weighted by molar-refractivity contribution is -0.676. The third-order valence-corrected chi connectivity index (χ3v) is 3.39. The molecule has 3 N–H and O–H groups in total. The maximum atomic E-state index is 12.7. The molecule has 0 aromatic heterocycles. The Morgan fingerprint density at radius 1 is 1.14 bits per heavy atom. The highest BCUT2D eigenvalue weighted by Crippen LogP contribution is 2.13. The molecule has 21 heavy (non-hydrogen) atoms. The summed E-state index contributed by atoms with van der Waals surface area (Å²) in [6.07, 6.45) is -0.599. The SMILES string of the molecule is O[C@@H](C[NH2+]Cc1ccccc1Cl)COc1ccc(F)cc1. The number of aliphatic hydroxyl groups is 1. The highest BCUT2D eigenvalue weighted by atomic mass is 35.5. The number of benzene rings is 2. The van der Waals surface area contributed by atoms with Gasteiger partial charge in [-0.3, -0.25) is 0 Å². The number of aliphatic hydroxyl groups excluding tert-OH is 1. The summed E-state index contributed by atoms with van der Waals surface area (Å²) in [5, 5.41) is 12.5. The largest absolute Gasteiger partial charge is 0.491 e. The molecule has 0 aliphatic carbocycles. The van der Waals surface area contributed by atoms with Crippen LogP contribution < -0.4 is 10.1 Å². The van der Waals surface area contributed by atoms with Gasteiger partial charge in [-0.25, -0.2) is 4.39 Å². The Hall–Kier alpha value is -1.62. The maximum Gasteiger partial charge on any atom is 0.137 e. The molecule has 0 radical (unpaired) electrons. The molecule has 0 unspecified atom stereocenters. The third kappa shape index (κ3) is 5.34. The normalized spacial score (nSPS) is 12.1. The van der Waals surface area contributed by atoms with Crippen molar-refractivity contribution in [2.45, 2.75) is 12.6 Å². The molecule has 2 rings (SSSR count). The molecule has 0 spiro atoms. The summed E-state index contributed by atoms with van der Waals surface area (Å²) in [5.74, 6) is 0.234. The van der Waals surface area contributed by atoms with Crippen molar-refractivity contribution in [3.63, 3.8) is 0 Å². The van der Waals surface area contributed by atoms with Gasteiger partial charge >= 0.3 is 0 Å². The van der Waals surface area contributed by atoms with E-state index in [1.165, 1.54) is 24.3 Å². The van der Waals surface area contributed by atoms with Crippen molar-refractivity contribution in [1.29, 1.82) is 0 Å². The fraction of sp³-hybridized carbons (Fsp3) is 0.250. The van der Waals surface area contributed by atoms with Gasteiger partial charge in [0.1, 0.15) is 37.4 Å². The van der Waals surface area contributed by atoms with Crippen molar-refractivity contribution in [3.8, 4) is 5.75 Å². The van der Waals surface area contributed by atoms with Crippen LogP contribution >= 0.6 is 11.6 Å². The average Bonchev–Trinajstić information content (AvgIpc) is 2.49. The van der Waals surface area contributed by atoms with E-state index < -0.39 is 6.10 Å². The Labute approximate surface area is 128 Å². The van der Waals surface area contributed by atoms with Gasteiger partial charge < -0.3 is 15.2 Å². The molecule has 3 nitrogen and oxygen atoms in total. The molecule has 0 fully saturated rings. The molecule has 0 saturated heterocycles. The molecular formula is C16H18ClFNO2+. The van der Waals surface area contributed by atoms with Crippen molar-refractivity contribution in [2.24, 2.45) is 0 Å². The molecule has 0 amide bonds. The zero-order valence-electron chi connectivity index (χ0n) is 11.5. The van der Waals surface area contributed by atoms with E-state index in [0.29, 0.717) is 18.8 Å². The summed E-state index contributed by atoms with van der Waals surface area (Å²) in [4.78, 5) is 0. The second kappa shape index (κ2) is 7.98. The van der Waals surface area contributed by atoms with Crippen LogP contribution in [0.5, 0.6) is 5.75 Å². The lowest BCUT2D eigenvalue weighted by Gasteiger charge is -2.11. The van der Waals surface area contributed by atoms with E-state index in [4.69, 9.17) is 16.3 Å². The van der Waals surface area contributed by atoms with Gasteiger partial charge in [-0.15, -0.1) is 0 Å². The zero-order valence-corrected chi connectivity index (χ0v) is 12.3. The molecular weight excluding hydrogens is 293 g/mol. The molecule has 5 heteroatoms. The summed E-state index contributed by atoms with van der Waals surface area (Å²) in [6, 6.07) is 13.3. The first kappa shape index (κ1) is 15.8. The van der Waals surface area contributed by atoms with E-state index in [9.17, 15) is 9.50 Å². The van der Waals surface area contributed by atoms with Gasteiger partial charge in [0.05, 0.1) is 0 Å². The van der Waals surface area contributed by atoms with Crippen molar-refractivity contribution >= 4 is 11.6 Å². The van der Waals surface area contributed by atoms with E-state index in [-0.39, 0.29) is 12.4 Å². The van der Waals surface area contributed by atoms with Gasteiger partial charge in [0.2, 0.25) is 0 Å². The van der Waals surface area contributed by atoms with Crippen molar-refractivity contribution in [1.82, 2.24) is 0 Å². The minimum atomic E-state index is -0.599. The van der Waals surface area contributed by atoms with Crippen LogP contribution in [0, 0.1) is 5.82 Å². The minimum Gasteiger partial charge on any atom is -0.491 e. The first-order valence-electron chi connectivity index (χ1n) is 6.76. The molecule has 0 bridgehead atoms. The van der Waals surface area contributed by atoms with Gasteiger partial charge in [0.15, 0.2) is 0 Å². The predicted octanol–water partition coefficient (Wildman–Crippen LogP) is 1.98. The van der Waals surface area contributed by atoms with E-state index in [2.05, 4.69) is 0 Å². The molecule has 0 heterocycles. The van der Waals surface area contributed by atoms with Crippen molar-refractivity contribution in [3.05, 3.63) is 64.9 Å². The Balaban J connectivity index is 1.69. The Kier molecular flexibility index (Phi) is 5.99. The molecule has 0 aliphatic heterocycles. The number of rotatable bonds is 7. The van der Waals surface area contributed by atoms with Gasteiger partial charge in [0, 0.05) is 10.6 Å². The van der Waals surface area contributed by atoms with Crippen molar-refractivity contribution in [2.75, 3.05) is 13.2 Å². The fourth-order valence-corrected chi connectivity index (χ4v) is 2.10. The molecule has 112 valence electrons. The van der Waals surface area contributed by atoms with Crippen LogP contribution in [0.2, 0.25) is 5.02 Å². The highest BCUT2D eigenvalue weighted by molar-refractivity contribution is 6.31. The predicted molar refractivity (Wildman–Crippen MR) is 79.9 cm³/mol. The lowest BCUT2D eigenvalue weighted by Crippen LogP contribution is -2.85. The van der Waals surface area contributed by atoms with Gasteiger partial charge in [-0.1, -0.05) is 29.8 Å². The smallest absolute Gasteiger partial charge is 0.137 e. The van der Waals surface area contributed by atoms with E-state index >= 15 is 0 Å². The van der Waals surface area contributed by atoms with E-state index in [1.807, 2.05) is 29.6 Å². The summed E-state index contributed by atoms with van der Waals surface area (Å²) in [7, 11) is 0. The van der Waals surface area contributed by atoms with Crippen LogP contribution in [-0.2, 0) is 6.54 Å². The van der Waals surface area contributed by atoms with Crippen LogP contribution in [0.1, 0.15) is 5.56 Å². The standard InChI is InChI=1S/C16H17ClFNO2/c17-16-4-2-1-3-12(16)9-19-10-14(20)11-21-15-7-5-13(18)6-8-15/h1-8,14,19-20H,9-11H2/p+1/t14-/m0/s1. The molecule has 0 aliphatic rings. The summed E-state index contributed by atoms with van der Waals surface area (Å²) in [5.41, 5.74) is 1.03. The van der Waals surface area contributed by atoms with Gasteiger partial charge in [0.25, 0.3) is 0 Å². The van der Waals surface area contributed by atoms with Crippen molar-refractivity contribution < 1.29 is 19.6 Å². The second-order valence-electron chi connectivity index (χ2n) is 4.74. The lowest BCUT2D eigenvalue weighted by atomic mass is 10.2. The monoisotopic (exact) mass is 310 g/mol. The Morgan fingerprint density at radius 3 is 2.57 bits per heavy atom. The highest BCUT2D eigenvalue weighted by Gasteiger charge is 2.08. The topological polar surface area (TPSA) is 46.1 Å². The van der Waals surface area contributed by atoms with E-state index in [1.54, 1.807) is 0 Å². The number of hydrogen-bond donors (Lipinski definition) is 2. The first-order valence-corrected chi connectivity index (χ1v) is 7.14. The summed E-state index contributed by atoms with van der Waals surface area (Å²) in [6.45, 7) is 1.38. The summed E-state index contributed by atoms with van der Waals surface area (Å²) < 4.78 is 18.1. The van der Waals surface area contributed by atoms with Crippen LogP contribution in [0.15, 0.2) is 48.5 Å². The number of halogens is 2. The number of ether oxygens (including phenoxy) is 1. The zero-order chi connectivity index (χ0) is 15.1. The fourth-order valence-electron chi connectivity index (χ4n) is 1.89. The van der Waals surface area contributed by atoms with Gasteiger partial charge in [-0.2, -0.15) is 0 Å². The van der Waals surface area contributed by atoms with Crippen LogP contribution in [-0.4, -0.2) is 24.4 Å². The number of hydrogen-bond acceptors (Lipinski definition) is 2. The van der Waals surface area contributed by atoms with Gasteiger partial charge in [-0.05, 0) is 30.3 Å². The summed E-state index contributed by atoms with van der Waals surface area (Å²) >= 11 is 6.06. The molecule has 2 aromatic carbocycles. The molecule has 1 atom stereocenters. The minimum absolute atomic E-state index is 0.171. The van der Waals surface area contributed by atoms with Crippen LogP contribution in [0.25, 0.3) is 0 Å². The Bertz CT molecular complexity index is 562. The number of quaternary nitrogens is 1. The number of nitrogens with two attached hydrogens (primary N) is 1. The second-order valence-corrected chi connectivity index (χ2v) is 5.15. The van der Waals surface area contributed by atoms with Crippen LogP contribution in [0.4, 0.5) is 4.39 Å². The van der Waals surface area contributed by atoms with Crippen LogP contribution in [0.3, 0.4) is 0 Å². The maximum absolute atomic E-state index is 12.7. The molecule has 2 aromatic rings.